The molecular weight excluding hydrogens is 543 g/mol. The second-order valence-electron chi connectivity index (χ2n) is 11.2. The summed E-state index contributed by atoms with van der Waals surface area (Å²) in [6.07, 6.45) is 27.4. The molecule has 0 atom stereocenters. The average Bonchev–Trinajstić information content (AvgIpc) is 2.94. The lowest BCUT2D eigenvalue weighted by Gasteiger charge is -2.15. The fourth-order valence-corrected chi connectivity index (χ4v) is 5.30. The van der Waals surface area contributed by atoms with Crippen LogP contribution in [0.1, 0.15) is 176 Å². The zero-order chi connectivity index (χ0) is 29.3. The summed E-state index contributed by atoms with van der Waals surface area (Å²) >= 11 is 11.7. The van der Waals surface area contributed by atoms with Crippen LogP contribution in [0.25, 0.3) is 0 Å². The average molecular weight is 600 g/mol. The molecule has 0 bridgehead atoms. The highest BCUT2D eigenvalue weighted by atomic mass is 35.5. The van der Waals surface area contributed by atoms with Crippen molar-refractivity contribution in [2.45, 2.75) is 155 Å². The Bertz CT molecular complexity index is 731. The van der Waals surface area contributed by atoms with Gasteiger partial charge in [0.15, 0.2) is 0 Å². The quantitative estimate of drug-likeness (QED) is 0.0710. The molecule has 0 saturated heterocycles. The number of halogens is 2. The smallest absolute Gasteiger partial charge is 0.256 e. The Morgan fingerprint density at radius 3 is 0.975 bits per heavy atom. The lowest BCUT2D eigenvalue weighted by Crippen LogP contribution is -2.07. The van der Waals surface area contributed by atoms with Crippen molar-refractivity contribution < 1.29 is 19.1 Å². The summed E-state index contributed by atoms with van der Waals surface area (Å²) in [6, 6.07) is 3.00. The molecule has 1 aromatic carbocycles. The van der Waals surface area contributed by atoms with Crippen molar-refractivity contribution in [2.75, 3.05) is 13.2 Å². The van der Waals surface area contributed by atoms with Crippen molar-refractivity contribution in [1.82, 2.24) is 0 Å². The molecule has 1 aromatic rings. The van der Waals surface area contributed by atoms with Crippen molar-refractivity contribution in [3.8, 4) is 11.5 Å². The molecule has 1 rings (SSSR count). The molecule has 0 saturated carbocycles. The van der Waals surface area contributed by atoms with Gasteiger partial charge in [-0.1, -0.05) is 142 Å². The van der Waals surface area contributed by atoms with E-state index in [-0.39, 0.29) is 22.6 Å². The second kappa shape index (κ2) is 25.5. The zero-order valence-electron chi connectivity index (χ0n) is 25.5. The minimum absolute atomic E-state index is 0.209. The van der Waals surface area contributed by atoms with Crippen molar-refractivity contribution in [3.63, 3.8) is 0 Å². The van der Waals surface area contributed by atoms with Crippen LogP contribution in [0.3, 0.4) is 0 Å². The van der Waals surface area contributed by atoms with Crippen LogP contribution in [0.15, 0.2) is 12.1 Å². The number of carbonyl (C=O) groups excluding carboxylic acids is 2. The lowest BCUT2D eigenvalue weighted by atomic mass is 10.1. The number of hydrogen-bond donors (Lipinski definition) is 0. The molecule has 0 heterocycles. The molecule has 0 aliphatic carbocycles. The van der Waals surface area contributed by atoms with Crippen LogP contribution in [-0.2, 0) is 0 Å². The Labute approximate surface area is 255 Å². The van der Waals surface area contributed by atoms with Crippen LogP contribution < -0.4 is 9.47 Å². The van der Waals surface area contributed by atoms with Crippen LogP contribution in [0.4, 0.5) is 0 Å². The van der Waals surface area contributed by atoms with Gasteiger partial charge in [0.25, 0.3) is 10.5 Å². The van der Waals surface area contributed by atoms with Gasteiger partial charge in [-0.25, -0.2) is 0 Å². The summed E-state index contributed by atoms with van der Waals surface area (Å²) in [5.74, 6) is 0.580. The van der Waals surface area contributed by atoms with E-state index in [9.17, 15) is 9.59 Å². The molecule has 4 nitrogen and oxygen atoms in total. The van der Waals surface area contributed by atoms with Crippen LogP contribution in [0.5, 0.6) is 11.5 Å². The van der Waals surface area contributed by atoms with Gasteiger partial charge in [-0.3, -0.25) is 9.59 Å². The predicted octanol–water partition coefficient (Wildman–Crippen LogP) is 11.8. The largest absolute Gasteiger partial charge is 0.493 e. The van der Waals surface area contributed by atoms with Crippen LogP contribution in [-0.4, -0.2) is 23.7 Å². The summed E-state index contributed by atoms with van der Waals surface area (Å²) in [6.45, 7) is 5.42. The maximum atomic E-state index is 12.1. The first-order valence-corrected chi connectivity index (χ1v) is 17.1. The summed E-state index contributed by atoms with van der Waals surface area (Å²) < 4.78 is 11.7. The summed E-state index contributed by atoms with van der Waals surface area (Å²) in [4.78, 5) is 24.2. The van der Waals surface area contributed by atoms with E-state index in [4.69, 9.17) is 32.7 Å². The van der Waals surface area contributed by atoms with E-state index in [1.165, 1.54) is 128 Å². The summed E-state index contributed by atoms with van der Waals surface area (Å²) in [5.41, 5.74) is 0.417. The summed E-state index contributed by atoms with van der Waals surface area (Å²) in [7, 11) is 0. The van der Waals surface area contributed by atoms with Gasteiger partial charge in [0, 0.05) is 0 Å². The molecule has 0 aliphatic rings. The van der Waals surface area contributed by atoms with Crippen molar-refractivity contribution >= 4 is 33.7 Å². The number of rotatable bonds is 28. The van der Waals surface area contributed by atoms with Crippen molar-refractivity contribution in [2.24, 2.45) is 0 Å². The molecule has 6 heteroatoms. The fourth-order valence-electron chi connectivity index (χ4n) is 5.00. The molecule has 0 unspecified atom stereocenters. The number of ether oxygens (including phenoxy) is 2. The normalized spacial score (nSPS) is 11.1. The Morgan fingerprint density at radius 2 is 0.725 bits per heavy atom. The third kappa shape index (κ3) is 18.2. The van der Waals surface area contributed by atoms with Crippen molar-refractivity contribution in [1.29, 1.82) is 0 Å². The van der Waals surface area contributed by atoms with Gasteiger partial charge in [0.2, 0.25) is 0 Å². The van der Waals surface area contributed by atoms with E-state index < -0.39 is 10.5 Å². The molecule has 0 radical (unpaired) electrons. The van der Waals surface area contributed by atoms with Crippen LogP contribution in [0, 0.1) is 0 Å². The van der Waals surface area contributed by atoms with Gasteiger partial charge in [0.05, 0.1) is 24.3 Å². The SMILES string of the molecule is CCCCCCCCCCCCCOc1cc(C(=O)Cl)c(OCCCCCCCCCCCCC)cc1C(=O)Cl. The van der Waals surface area contributed by atoms with Gasteiger partial charge in [0.1, 0.15) is 11.5 Å². The third-order valence-electron chi connectivity index (χ3n) is 7.52. The molecule has 0 N–H and O–H groups in total. The van der Waals surface area contributed by atoms with Crippen LogP contribution >= 0.6 is 23.2 Å². The van der Waals surface area contributed by atoms with E-state index >= 15 is 0 Å². The van der Waals surface area contributed by atoms with Gasteiger partial charge in [-0.2, -0.15) is 0 Å². The van der Waals surface area contributed by atoms with Gasteiger partial charge >= 0.3 is 0 Å². The van der Waals surface area contributed by atoms with E-state index in [2.05, 4.69) is 13.8 Å². The number of carbonyl (C=O) groups is 2. The number of hydrogen-bond acceptors (Lipinski definition) is 4. The molecule has 0 aromatic heterocycles. The Kier molecular flexibility index (Phi) is 23.4. The van der Waals surface area contributed by atoms with Crippen LogP contribution in [0.2, 0.25) is 0 Å². The Hall–Kier alpha value is -1.26. The highest BCUT2D eigenvalue weighted by Gasteiger charge is 2.20. The molecule has 0 aliphatic heterocycles. The van der Waals surface area contributed by atoms with Gasteiger partial charge in [-0.15, -0.1) is 0 Å². The maximum absolute atomic E-state index is 12.1. The Balaban J connectivity index is 2.36. The first-order chi connectivity index (χ1) is 19.5. The first kappa shape index (κ1) is 36.8. The molecule has 0 fully saturated rings. The molecule has 0 spiro atoms. The second-order valence-corrected chi connectivity index (χ2v) is 11.8. The van der Waals surface area contributed by atoms with Crippen molar-refractivity contribution in [3.05, 3.63) is 23.3 Å². The minimum atomic E-state index is -0.637. The van der Waals surface area contributed by atoms with E-state index in [1.807, 2.05) is 0 Å². The van der Waals surface area contributed by atoms with E-state index in [0.717, 1.165) is 25.7 Å². The highest BCUT2D eigenvalue weighted by molar-refractivity contribution is 6.69. The zero-order valence-corrected chi connectivity index (χ0v) is 27.0. The maximum Gasteiger partial charge on any atom is 0.256 e. The predicted molar refractivity (Wildman–Crippen MR) is 171 cm³/mol. The molecular formula is C34H56Cl2O4. The highest BCUT2D eigenvalue weighted by Crippen LogP contribution is 2.32. The lowest BCUT2D eigenvalue weighted by molar-refractivity contribution is 0.106. The molecule has 0 amide bonds. The van der Waals surface area contributed by atoms with Gasteiger partial charge in [-0.05, 0) is 48.2 Å². The number of unbranched alkanes of at least 4 members (excludes halogenated alkanes) is 20. The topological polar surface area (TPSA) is 52.6 Å². The Morgan fingerprint density at radius 1 is 0.475 bits per heavy atom. The number of benzene rings is 1. The third-order valence-corrected chi connectivity index (χ3v) is 7.92. The minimum Gasteiger partial charge on any atom is -0.493 e. The molecule has 40 heavy (non-hydrogen) atoms. The molecule has 230 valence electrons. The van der Waals surface area contributed by atoms with E-state index in [1.54, 1.807) is 0 Å². The monoisotopic (exact) mass is 598 g/mol. The first-order valence-electron chi connectivity index (χ1n) is 16.3. The standard InChI is InChI=1S/C34H56Cl2O4/c1-3-5-7-9-11-13-15-17-19-21-23-25-39-31-27-30(34(36)38)32(28-29(31)33(35)37)40-26-24-22-20-18-16-14-12-10-8-6-4-2/h27-28H,3-26H2,1-2H3. The van der Waals surface area contributed by atoms with Gasteiger partial charge < -0.3 is 9.47 Å². The van der Waals surface area contributed by atoms with E-state index in [0.29, 0.717) is 13.2 Å². The summed E-state index contributed by atoms with van der Waals surface area (Å²) in [5, 5.41) is -1.27. The fraction of sp³-hybridized carbons (Fsp3) is 0.765.